The van der Waals surface area contributed by atoms with Crippen LogP contribution >= 0.6 is 24.0 Å². The van der Waals surface area contributed by atoms with Gasteiger partial charge in [0, 0.05) is 25.7 Å². The Morgan fingerprint density at radius 2 is 1.69 bits per heavy atom. The Morgan fingerprint density at radius 3 is 2.31 bits per heavy atom. The largest absolute Gasteiger partial charge is 0.507 e. The summed E-state index contributed by atoms with van der Waals surface area (Å²) >= 11 is 5.95. The van der Waals surface area contributed by atoms with Crippen LogP contribution in [0.1, 0.15) is 27.6 Å². The summed E-state index contributed by atoms with van der Waals surface area (Å²) in [6, 6.07) is 17.2. The van der Waals surface area contributed by atoms with Crippen LogP contribution < -0.4 is 5.32 Å². The number of carbonyl (C=O) groups excluding carboxylic acids is 1. The van der Waals surface area contributed by atoms with Gasteiger partial charge in [-0.05, 0) is 66.6 Å². The molecule has 188 valence electrons. The van der Waals surface area contributed by atoms with Gasteiger partial charge >= 0.3 is 0 Å². The van der Waals surface area contributed by atoms with Gasteiger partial charge in [-0.25, -0.2) is 8.42 Å². The fourth-order valence-electron chi connectivity index (χ4n) is 3.37. The highest BCUT2D eigenvalue weighted by atomic mass is 35.5. The fourth-order valence-corrected chi connectivity index (χ4v) is 4.85. The lowest BCUT2D eigenvalue weighted by atomic mass is 10.1. The Labute approximate surface area is 216 Å². The molecule has 3 aromatic carbocycles. The first kappa shape index (κ1) is 28.6. The van der Waals surface area contributed by atoms with Crippen LogP contribution in [0.5, 0.6) is 5.75 Å². The van der Waals surface area contributed by atoms with E-state index in [0.717, 1.165) is 11.1 Å². The Bertz CT molecular complexity index is 1270. The van der Waals surface area contributed by atoms with E-state index >= 15 is 0 Å². The lowest BCUT2D eigenvalue weighted by molar-refractivity contribution is 0.0824. The van der Waals surface area contributed by atoms with Crippen LogP contribution in [0.15, 0.2) is 76.5 Å². The number of amides is 1. The number of aliphatic hydroxyl groups is 1. The summed E-state index contributed by atoms with van der Waals surface area (Å²) in [7, 11) is -0.821. The first-order valence-corrected chi connectivity index (χ1v) is 12.5. The summed E-state index contributed by atoms with van der Waals surface area (Å²) in [6.45, 7) is 0.958. The lowest BCUT2D eigenvalue weighted by Gasteiger charge is -2.13. The van der Waals surface area contributed by atoms with Crippen molar-refractivity contribution in [1.82, 2.24) is 10.2 Å². The maximum absolute atomic E-state index is 13.0. The minimum atomic E-state index is -3.87. The summed E-state index contributed by atoms with van der Waals surface area (Å²) in [5, 5.41) is 24.0. The van der Waals surface area contributed by atoms with Crippen molar-refractivity contribution >= 4 is 39.8 Å². The average Bonchev–Trinajstić information content (AvgIpc) is 2.81. The van der Waals surface area contributed by atoms with E-state index in [-0.39, 0.29) is 33.5 Å². The fraction of sp³-hybridized carbons (Fsp3) is 0.240. The second-order valence-electron chi connectivity index (χ2n) is 8.05. The number of carbonyl (C=O) groups is 1. The molecule has 3 aromatic rings. The maximum atomic E-state index is 13.0. The molecule has 0 bridgehead atoms. The summed E-state index contributed by atoms with van der Waals surface area (Å²) in [6.07, 6.45) is -0.0377. The third-order valence-corrected chi connectivity index (χ3v) is 7.31. The Hall–Kier alpha value is -2.62. The number of phenols is 1. The molecule has 0 radical (unpaired) electrons. The van der Waals surface area contributed by atoms with Crippen LogP contribution in [0.3, 0.4) is 0 Å². The van der Waals surface area contributed by atoms with Crippen molar-refractivity contribution in [2.24, 2.45) is 0 Å². The van der Waals surface area contributed by atoms with Crippen LogP contribution in [-0.4, -0.2) is 56.6 Å². The van der Waals surface area contributed by atoms with Crippen molar-refractivity contribution in [2.45, 2.75) is 22.3 Å². The Morgan fingerprint density at radius 1 is 1.03 bits per heavy atom. The van der Waals surface area contributed by atoms with E-state index in [4.69, 9.17) is 11.6 Å². The van der Waals surface area contributed by atoms with Crippen LogP contribution in [0.4, 0.5) is 0 Å². The van der Waals surface area contributed by atoms with Crippen molar-refractivity contribution in [3.05, 3.63) is 88.4 Å². The number of aliphatic hydroxyl groups excluding tert-OH is 1. The molecule has 0 spiro atoms. The molecular formula is C25H28Cl2N2O5S. The highest BCUT2D eigenvalue weighted by Gasteiger charge is 2.22. The third kappa shape index (κ3) is 7.19. The third-order valence-electron chi connectivity index (χ3n) is 5.31. The van der Waals surface area contributed by atoms with E-state index < -0.39 is 21.8 Å². The SMILES string of the molecule is CN(C)C(=O)c1cc(S(=O)(=O)c2ccc(CCNC[C@@H](O)c3cccc(Cl)c3)cc2)ccc1O.Cl. The van der Waals surface area contributed by atoms with Crippen LogP contribution in [0.2, 0.25) is 5.02 Å². The summed E-state index contributed by atoms with van der Waals surface area (Å²) in [5.74, 6) is -0.765. The number of benzene rings is 3. The zero-order valence-corrected chi connectivity index (χ0v) is 21.7. The van der Waals surface area contributed by atoms with E-state index in [0.29, 0.717) is 24.5 Å². The first-order valence-electron chi connectivity index (χ1n) is 10.6. The molecule has 10 heteroatoms. The molecule has 35 heavy (non-hydrogen) atoms. The number of phenolic OH excluding ortho intramolecular Hbond substituents is 1. The topological polar surface area (TPSA) is 107 Å². The van der Waals surface area contributed by atoms with E-state index in [9.17, 15) is 23.4 Å². The number of hydrogen-bond acceptors (Lipinski definition) is 6. The maximum Gasteiger partial charge on any atom is 0.257 e. The van der Waals surface area contributed by atoms with Gasteiger partial charge in [0.05, 0.1) is 21.5 Å². The van der Waals surface area contributed by atoms with Gasteiger partial charge in [-0.15, -0.1) is 12.4 Å². The predicted molar refractivity (Wildman–Crippen MR) is 138 cm³/mol. The predicted octanol–water partition coefficient (Wildman–Crippen LogP) is 3.87. The first-order chi connectivity index (χ1) is 16.1. The molecule has 0 fully saturated rings. The zero-order valence-electron chi connectivity index (χ0n) is 19.3. The standard InChI is InChI=1S/C25H27ClN2O5S.ClH/c1-28(2)25(31)22-15-21(10-11-23(22)29)34(32,33)20-8-6-17(7-9-20)12-13-27-16-24(30)18-4-3-5-19(26)14-18;/h3-11,14-15,24,27,29-30H,12-13,16H2,1-2H3;1H/t24-;/m1./s1. The van der Waals surface area contributed by atoms with Crippen molar-refractivity contribution < 1.29 is 23.4 Å². The van der Waals surface area contributed by atoms with Crippen molar-refractivity contribution in [3.63, 3.8) is 0 Å². The second kappa shape index (κ2) is 12.4. The van der Waals surface area contributed by atoms with Crippen molar-refractivity contribution in [2.75, 3.05) is 27.2 Å². The number of rotatable bonds is 9. The summed E-state index contributed by atoms with van der Waals surface area (Å²) in [5.41, 5.74) is 1.59. The average molecular weight is 539 g/mol. The molecule has 0 unspecified atom stereocenters. The van der Waals surface area contributed by atoms with Crippen LogP contribution in [0.25, 0.3) is 0 Å². The smallest absolute Gasteiger partial charge is 0.257 e. The van der Waals surface area contributed by atoms with E-state index in [1.54, 1.807) is 30.3 Å². The number of nitrogens with one attached hydrogen (secondary N) is 1. The highest BCUT2D eigenvalue weighted by Crippen LogP contribution is 2.27. The highest BCUT2D eigenvalue weighted by molar-refractivity contribution is 7.91. The van der Waals surface area contributed by atoms with Gasteiger partial charge < -0.3 is 20.4 Å². The number of hydrogen-bond donors (Lipinski definition) is 3. The number of nitrogens with zero attached hydrogens (tertiary/aromatic N) is 1. The molecule has 7 nitrogen and oxygen atoms in total. The normalized spacial score (nSPS) is 12.0. The number of aromatic hydroxyl groups is 1. The molecule has 0 saturated heterocycles. The van der Waals surface area contributed by atoms with Gasteiger partial charge in [-0.3, -0.25) is 4.79 Å². The Balaban J connectivity index is 0.00000432. The number of halogens is 2. The molecule has 0 aliphatic rings. The molecule has 0 aromatic heterocycles. The minimum absolute atomic E-state index is 0. The van der Waals surface area contributed by atoms with Gasteiger partial charge in [0.1, 0.15) is 5.75 Å². The van der Waals surface area contributed by atoms with Gasteiger partial charge in [-0.1, -0.05) is 35.9 Å². The molecule has 0 saturated carbocycles. The summed E-state index contributed by atoms with van der Waals surface area (Å²) < 4.78 is 26.1. The van der Waals surface area contributed by atoms with Crippen LogP contribution in [-0.2, 0) is 16.3 Å². The minimum Gasteiger partial charge on any atom is -0.507 e. The molecule has 1 amide bonds. The molecule has 1 atom stereocenters. The van der Waals surface area contributed by atoms with Gasteiger partial charge in [0.15, 0.2) is 0 Å². The van der Waals surface area contributed by atoms with E-state index in [2.05, 4.69) is 5.32 Å². The van der Waals surface area contributed by atoms with Gasteiger partial charge in [0.25, 0.3) is 5.91 Å². The molecule has 0 aliphatic carbocycles. The number of sulfone groups is 1. The molecule has 0 aliphatic heterocycles. The van der Waals surface area contributed by atoms with E-state index in [1.807, 2.05) is 6.07 Å². The van der Waals surface area contributed by atoms with Crippen molar-refractivity contribution in [3.8, 4) is 5.75 Å². The molecule has 3 rings (SSSR count). The lowest BCUT2D eigenvalue weighted by Crippen LogP contribution is -2.23. The van der Waals surface area contributed by atoms with Gasteiger partial charge in [-0.2, -0.15) is 0 Å². The molecule has 3 N–H and O–H groups in total. The second-order valence-corrected chi connectivity index (χ2v) is 10.4. The zero-order chi connectivity index (χ0) is 24.9. The van der Waals surface area contributed by atoms with Gasteiger partial charge in [0.2, 0.25) is 9.84 Å². The van der Waals surface area contributed by atoms with Crippen LogP contribution in [0, 0.1) is 0 Å². The monoisotopic (exact) mass is 538 g/mol. The summed E-state index contributed by atoms with van der Waals surface area (Å²) in [4.78, 5) is 13.5. The quantitative estimate of drug-likeness (QED) is 0.357. The molecule has 0 heterocycles. The molecular weight excluding hydrogens is 511 g/mol. The Kier molecular flexibility index (Phi) is 10.1. The van der Waals surface area contributed by atoms with E-state index in [1.165, 1.54) is 49.3 Å². The van der Waals surface area contributed by atoms with Crippen molar-refractivity contribution in [1.29, 1.82) is 0 Å².